The molecule has 0 aromatic carbocycles. The van der Waals surface area contributed by atoms with Crippen molar-refractivity contribution in [3.05, 3.63) is 28.1 Å². The molecule has 21 heavy (non-hydrogen) atoms. The second-order valence-electron chi connectivity index (χ2n) is 7.81. The Hall–Kier alpha value is -1.18. The zero-order valence-electron chi connectivity index (χ0n) is 14.6. The van der Waals surface area contributed by atoms with E-state index in [1.54, 1.807) is 0 Å². The van der Waals surface area contributed by atoms with Crippen LogP contribution in [0.5, 0.6) is 0 Å². The standard InChI is InChI=1S/C19H29NO/c1-8-13-16(11(2)3)17-14(20-18(13)12(4)5)9-19(6,7)10-15(17)21/h11-12H,8-10H2,1-7H3. The van der Waals surface area contributed by atoms with E-state index in [0.717, 1.165) is 24.1 Å². The third-order valence-electron chi connectivity index (χ3n) is 4.49. The molecule has 1 aromatic heterocycles. The van der Waals surface area contributed by atoms with Crippen LogP contribution in [0.25, 0.3) is 0 Å². The van der Waals surface area contributed by atoms with Gasteiger partial charge in [0.25, 0.3) is 0 Å². The van der Waals surface area contributed by atoms with Gasteiger partial charge < -0.3 is 0 Å². The molecule has 2 nitrogen and oxygen atoms in total. The minimum atomic E-state index is 0.0350. The predicted molar refractivity (Wildman–Crippen MR) is 88.2 cm³/mol. The van der Waals surface area contributed by atoms with Gasteiger partial charge in [-0.25, -0.2) is 0 Å². The quantitative estimate of drug-likeness (QED) is 0.779. The first-order chi connectivity index (χ1) is 9.68. The highest BCUT2D eigenvalue weighted by molar-refractivity contribution is 6.00. The molecular weight excluding hydrogens is 258 g/mol. The second kappa shape index (κ2) is 5.55. The fourth-order valence-corrected chi connectivity index (χ4v) is 3.68. The number of fused-ring (bicyclic) bond motifs is 1. The van der Waals surface area contributed by atoms with E-state index in [-0.39, 0.29) is 5.41 Å². The number of nitrogens with zero attached hydrogens (tertiary/aromatic N) is 1. The number of carbonyl (C=O) groups excluding carboxylic acids is 1. The van der Waals surface area contributed by atoms with E-state index < -0.39 is 0 Å². The molecule has 0 bridgehead atoms. The zero-order chi connectivity index (χ0) is 15.9. The summed E-state index contributed by atoms with van der Waals surface area (Å²) in [4.78, 5) is 17.7. The normalized spacial score (nSPS) is 17.5. The molecule has 2 rings (SSSR count). The molecule has 1 aromatic rings. The molecule has 0 atom stereocenters. The van der Waals surface area contributed by atoms with Gasteiger partial charge in [-0.05, 0) is 41.2 Å². The Morgan fingerprint density at radius 1 is 1.10 bits per heavy atom. The average Bonchev–Trinajstić information content (AvgIpc) is 2.34. The van der Waals surface area contributed by atoms with Crippen molar-refractivity contribution in [2.45, 2.75) is 79.6 Å². The van der Waals surface area contributed by atoms with Gasteiger partial charge in [-0.1, -0.05) is 48.5 Å². The summed E-state index contributed by atoms with van der Waals surface area (Å²) < 4.78 is 0. The number of Topliss-reactive ketones (excluding diaryl/α,β-unsaturated/α-hetero) is 1. The molecule has 0 aliphatic heterocycles. The first-order valence-corrected chi connectivity index (χ1v) is 8.26. The van der Waals surface area contributed by atoms with Gasteiger partial charge in [0.05, 0.1) is 5.69 Å². The maximum Gasteiger partial charge on any atom is 0.165 e. The Kier molecular flexibility index (Phi) is 4.28. The number of carbonyl (C=O) groups is 1. The average molecular weight is 287 g/mol. The first kappa shape index (κ1) is 16.2. The topological polar surface area (TPSA) is 30.0 Å². The van der Waals surface area contributed by atoms with Crippen molar-refractivity contribution in [1.29, 1.82) is 0 Å². The fraction of sp³-hybridized carbons (Fsp3) is 0.684. The van der Waals surface area contributed by atoms with E-state index in [1.165, 1.54) is 16.8 Å². The monoisotopic (exact) mass is 287 g/mol. The zero-order valence-corrected chi connectivity index (χ0v) is 14.6. The van der Waals surface area contributed by atoms with Gasteiger partial charge in [0, 0.05) is 17.7 Å². The highest BCUT2D eigenvalue weighted by Gasteiger charge is 2.35. The van der Waals surface area contributed by atoms with Crippen LogP contribution in [0.15, 0.2) is 0 Å². The van der Waals surface area contributed by atoms with Gasteiger partial charge in [0.2, 0.25) is 0 Å². The van der Waals surface area contributed by atoms with Crippen LogP contribution in [-0.2, 0) is 12.8 Å². The number of aromatic nitrogens is 1. The molecule has 1 aliphatic carbocycles. The molecule has 0 N–H and O–H groups in total. The minimum Gasteiger partial charge on any atom is -0.294 e. The number of pyridine rings is 1. The molecule has 0 fully saturated rings. The van der Waals surface area contributed by atoms with Crippen molar-refractivity contribution >= 4 is 5.78 Å². The molecule has 0 radical (unpaired) electrons. The van der Waals surface area contributed by atoms with Crippen LogP contribution in [0, 0.1) is 5.41 Å². The van der Waals surface area contributed by atoms with Gasteiger partial charge in [0.15, 0.2) is 5.78 Å². The van der Waals surface area contributed by atoms with Crippen LogP contribution in [-0.4, -0.2) is 10.8 Å². The Morgan fingerprint density at radius 3 is 2.19 bits per heavy atom. The van der Waals surface area contributed by atoms with Gasteiger partial charge in [-0.3, -0.25) is 9.78 Å². The maximum atomic E-state index is 12.7. The van der Waals surface area contributed by atoms with Crippen molar-refractivity contribution in [3.8, 4) is 0 Å². The summed E-state index contributed by atoms with van der Waals surface area (Å²) in [6, 6.07) is 0. The largest absolute Gasteiger partial charge is 0.294 e. The summed E-state index contributed by atoms with van der Waals surface area (Å²) in [5.41, 5.74) is 5.81. The Labute approximate surface area is 129 Å². The molecule has 0 saturated heterocycles. The van der Waals surface area contributed by atoms with Crippen LogP contribution >= 0.6 is 0 Å². The summed E-state index contributed by atoms with van der Waals surface area (Å²) in [5.74, 6) is 1.07. The molecule has 1 heterocycles. The van der Waals surface area contributed by atoms with Gasteiger partial charge in [0.1, 0.15) is 0 Å². The van der Waals surface area contributed by atoms with Gasteiger partial charge in [-0.15, -0.1) is 0 Å². The lowest BCUT2D eigenvalue weighted by Gasteiger charge is -2.33. The lowest BCUT2D eigenvalue weighted by Crippen LogP contribution is -2.30. The van der Waals surface area contributed by atoms with Crippen LogP contribution < -0.4 is 0 Å². The Bertz CT molecular complexity index is 567. The lowest BCUT2D eigenvalue weighted by molar-refractivity contribution is 0.0908. The lowest BCUT2D eigenvalue weighted by atomic mass is 9.72. The van der Waals surface area contributed by atoms with Crippen molar-refractivity contribution in [2.75, 3.05) is 0 Å². The Morgan fingerprint density at radius 2 is 1.71 bits per heavy atom. The molecule has 116 valence electrons. The summed E-state index contributed by atoms with van der Waals surface area (Å²) in [6.07, 6.45) is 2.51. The third kappa shape index (κ3) is 2.90. The summed E-state index contributed by atoms with van der Waals surface area (Å²) in [7, 11) is 0. The SMILES string of the molecule is CCc1c(C(C)C)nc2c(c1C(C)C)C(=O)CC(C)(C)C2. The van der Waals surface area contributed by atoms with Gasteiger partial charge >= 0.3 is 0 Å². The summed E-state index contributed by atoms with van der Waals surface area (Å²) in [5, 5.41) is 0. The molecule has 0 amide bonds. The minimum absolute atomic E-state index is 0.0350. The van der Waals surface area contributed by atoms with E-state index >= 15 is 0 Å². The summed E-state index contributed by atoms with van der Waals surface area (Å²) in [6.45, 7) is 15.3. The van der Waals surface area contributed by atoms with Crippen LogP contribution in [0.1, 0.15) is 99.6 Å². The van der Waals surface area contributed by atoms with E-state index in [9.17, 15) is 4.79 Å². The van der Waals surface area contributed by atoms with E-state index in [4.69, 9.17) is 4.98 Å². The third-order valence-corrected chi connectivity index (χ3v) is 4.49. The second-order valence-corrected chi connectivity index (χ2v) is 7.81. The van der Waals surface area contributed by atoms with Crippen molar-refractivity contribution in [3.63, 3.8) is 0 Å². The number of ketones is 1. The maximum absolute atomic E-state index is 12.7. The molecule has 1 aliphatic rings. The number of hydrogen-bond acceptors (Lipinski definition) is 2. The van der Waals surface area contributed by atoms with Gasteiger partial charge in [-0.2, -0.15) is 0 Å². The first-order valence-electron chi connectivity index (χ1n) is 8.26. The number of hydrogen-bond donors (Lipinski definition) is 0. The van der Waals surface area contributed by atoms with E-state index in [2.05, 4.69) is 48.5 Å². The molecule has 0 unspecified atom stereocenters. The van der Waals surface area contributed by atoms with E-state index in [0.29, 0.717) is 24.0 Å². The molecule has 2 heteroatoms. The van der Waals surface area contributed by atoms with E-state index in [1.807, 2.05) is 0 Å². The Balaban J connectivity index is 2.79. The fourth-order valence-electron chi connectivity index (χ4n) is 3.68. The van der Waals surface area contributed by atoms with Crippen molar-refractivity contribution < 1.29 is 4.79 Å². The molecule has 0 spiro atoms. The number of rotatable bonds is 3. The van der Waals surface area contributed by atoms with Crippen LogP contribution in [0.2, 0.25) is 0 Å². The van der Waals surface area contributed by atoms with Crippen molar-refractivity contribution in [2.24, 2.45) is 5.41 Å². The molecule has 0 saturated carbocycles. The molecular formula is C19H29NO. The highest BCUT2D eigenvalue weighted by atomic mass is 16.1. The smallest absolute Gasteiger partial charge is 0.165 e. The van der Waals surface area contributed by atoms with Crippen LogP contribution in [0.4, 0.5) is 0 Å². The highest BCUT2D eigenvalue weighted by Crippen LogP contribution is 2.40. The van der Waals surface area contributed by atoms with Crippen molar-refractivity contribution in [1.82, 2.24) is 4.98 Å². The van der Waals surface area contributed by atoms with Crippen LogP contribution in [0.3, 0.4) is 0 Å². The summed E-state index contributed by atoms with van der Waals surface area (Å²) >= 11 is 0. The predicted octanol–water partition coefficient (Wildman–Crippen LogP) is 5.05.